The zero-order valence-electron chi connectivity index (χ0n) is 9.35. The second-order valence-corrected chi connectivity index (χ2v) is 5.55. The van der Waals surface area contributed by atoms with E-state index in [9.17, 15) is 8.42 Å². The Balaban J connectivity index is 3.50. The van der Waals surface area contributed by atoms with Crippen LogP contribution in [0.25, 0.3) is 0 Å². The third-order valence-electron chi connectivity index (χ3n) is 2.14. The third-order valence-corrected chi connectivity index (χ3v) is 3.60. The Morgan fingerprint density at radius 3 is 2.12 bits per heavy atom. The number of methoxy groups -OCH3 is 2. The maximum Gasteiger partial charge on any atom is 0.179 e. The van der Waals surface area contributed by atoms with Gasteiger partial charge in [-0.2, -0.15) is 12.6 Å². The summed E-state index contributed by atoms with van der Waals surface area (Å²) in [5.41, 5.74) is 0.787. The fraction of sp³-hybridized carbons (Fsp3) is 0.400. The Hall–Kier alpha value is -0.880. The van der Waals surface area contributed by atoms with Gasteiger partial charge < -0.3 is 9.47 Å². The van der Waals surface area contributed by atoms with E-state index in [4.69, 9.17) is 9.47 Å². The minimum Gasteiger partial charge on any atom is -0.496 e. The normalized spacial score (nSPS) is 11.2. The van der Waals surface area contributed by atoms with E-state index in [2.05, 4.69) is 12.6 Å². The van der Waals surface area contributed by atoms with Gasteiger partial charge in [0.1, 0.15) is 16.4 Å². The molecule has 1 aromatic rings. The van der Waals surface area contributed by atoms with Crippen LogP contribution >= 0.6 is 12.6 Å². The Morgan fingerprint density at radius 1 is 1.19 bits per heavy atom. The molecule has 0 spiro atoms. The van der Waals surface area contributed by atoms with Gasteiger partial charge in [-0.3, -0.25) is 0 Å². The van der Waals surface area contributed by atoms with E-state index in [-0.39, 0.29) is 4.90 Å². The maximum atomic E-state index is 11.5. The molecule has 90 valence electrons. The number of ether oxygens (including phenoxy) is 2. The van der Waals surface area contributed by atoms with Crippen molar-refractivity contribution in [3.8, 4) is 11.5 Å². The van der Waals surface area contributed by atoms with Crippen LogP contribution in [-0.2, 0) is 15.6 Å². The molecule has 16 heavy (non-hydrogen) atoms. The minimum absolute atomic E-state index is 0.123. The van der Waals surface area contributed by atoms with Crippen molar-refractivity contribution in [1.29, 1.82) is 0 Å². The zero-order chi connectivity index (χ0) is 12.3. The highest BCUT2D eigenvalue weighted by molar-refractivity contribution is 7.90. The number of rotatable bonds is 4. The summed E-state index contributed by atoms with van der Waals surface area (Å²) < 4.78 is 33.2. The molecule has 0 radical (unpaired) electrons. The number of hydrogen-bond donors (Lipinski definition) is 1. The average Bonchev–Trinajstić information content (AvgIpc) is 2.25. The van der Waals surface area contributed by atoms with Gasteiger partial charge in [0.15, 0.2) is 9.84 Å². The molecule has 0 saturated heterocycles. The van der Waals surface area contributed by atoms with E-state index in [0.29, 0.717) is 17.3 Å². The predicted octanol–water partition coefficient (Wildman–Crippen LogP) is 1.54. The molecule has 6 heteroatoms. The second-order valence-electron chi connectivity index (χ2n) is 3.25. The summed E-state index contributed by atoms with van der Waals surface area (Å²) in [6.07, 6.45) is 1.13. The van der Waals surface area contributed by atoms with Crippen molar-refractivity contribution in [2.75, 3.05) is 20.5 Å². The van der Waals surface area contributed by atoms with Crippen LogP contribution in [0.5, 0.6) is 11.5 Å². The van der Waals surface area contributed by atoms with Crippen LogP contribution in [0, 0.1) is 0 Å². The SMILES string of the molecule is COc1cc(S(C)(=O)=O)c(OC)cc1CS. The molecular formula is C10H14O4S2. The van der Waals surface area contributed by atoms with Crippen molar-refractivity contribution in [3.63, 3.8) is 0 Å². The molecule has 0 fully saturated rings. The maximum absolute atomic E-state index is 11.5. The van der Waals surface area contributed by atoms with Crippen LogP contribution in [0.3, 0.4) is 0 Å². The van der Waals surface area contributed by atoms with Gasteiger partial charge in [0.2, 0.25) is 0 Å². The number of benzene rings is 1. The Bertz CT molecular complexity index is 480. The van der Waals surface area contributed by atoms with Crippen LogP contribution in [0.2, 0.25) is 0 Å². The monoisotopic (exact) mass is 262 g/mol. The topological polar surface area (TPSA) is 52.6 Å². The largest absolute Gasteiger partial charge is 0.496 e. The molecule has 0 heterocycles. The molecule has 1 aromatic carbocycles. The highest BCUT2D eigenvalue weighted by atomic mass is 32.2. The lowest BCUT2D eigenvalue weighted by atomic mass is 10.2. The van der Waals surface area contributed by atoms with Crippen molar-refractivity contribution < 1.29 is 17.9 Å². The molecular weight excluding hydrogens is 248 g/mol. The number of thiol groups is 1. The van der Waals surface area contributed by atoms with Gasteiger partial charge in [0.05, 0.1) is 14.2 Å². The van der Waals surface area contributed by atoms with E-state index < -0.39 is 9.84 Å². The van der Waals surface area contributed by atoms with Crippen LogP contribution in [0.4, 0.5) is 0 Å². The van der Waals surface area contributed by atoms with Gasteiger partial charge in [-0.1, -0.05) is 0 Å². The standard InChI is InChI=1S/C10H14O4S2/c1-13-8-5-10(16(3,11)12)9(14-2)4-7(8)6-15/h4-5,15H,6H2,1-3H3. The van der Waals surface area contributed by atoms with Crippen molar-refractivity contribution in [3.05, 3.63) is 17.7 Å². The van der Waals surface area contributed by atoms with Gasteiger partial charge in [0, 0.05) is 23.6 Å². The van der Waals surface area contributed by atoms with E-state index in [1.807, 2.05) is 0 Å². The van der Waals surface area contributed by atoms with Gasteiger partial charge in [-0.15, -0.1) is 0 Å². The van der Waals surface area contributed by atoms with Crippen LogP contribution in [0.15, 0.2) is 17.0 Å². The minimum atomic E-state index is -3.33. The van der Waals surface area contributed by atoms with E-state index in [1.165, 1.54) is 20.3 Å². The molecule has 0 amide bonds. The zero-order valence-corrected chi connectivity index (χ0v) is 11.1. The molecule has 1 rings (SSSR count). The van der Waals surface area contributed by atoms with Crippen molar-refractivity contribution in [2.24, 2.45) is 0 Å². The van der Waals surface area contributed by atoms with Gasteiger partial charge in [-0.25, -0.2) is 8.42 Å². The first-order chi connectivity index (χ1) is 7.43. The summed E-state index contributed by atoms with van der Waals surface area (Å²) in [5, 5.41) is 0. The first-order valence-electron chi connectivity index (χ1n) is 4.49. The summed E-state index contributed by atoms with van der Waals surface area (Å²) in [4.78, 5) is 0.123. The number of sulfone groups is 1. The molecule has 0 aliphatic rings. The third kappa shape index (κ3) is 2.62. The fourth-order valence-corrected chi connectivity index (χ4v) is 2.42. The molecule has 0 aliphatic heterocycles. The first-order valence-corrected chi connectivity index (χ1v) is 7.02. The molecule has 0 aromatic heterocycles. The first kappa shape index (κ1) is 13.2. The highest BCUT2D eigenvalue weighted by Gasteiger charge is 2.17. The summed E-state index contributed by atoms with van der Waals surface area (Å²) in [7, 11) is -0.417. The molecule has 4 nitrogen and oxygen atoms in total. The quantitative estimate of drug-likeness (QED) is 0.836. The average molecular weight is 262 g/mol. The fourth-order valence-electron chi connectivity index (χ4n) is 1.35. The Morgan fingerprint density at radius 2 is 1.75 bits per heavy atom. The lowest BCUT2D eigenvalue weighted by molar-refractivity contribution is 0.390. The molecule has 0 unspecified atom stereocenters. The Kier molecular flexibility index (Phi) is 4.09. The van der Waals surface area contributed by atoms with Crippen molar-refractivity contribution in [1.82, 2.24) is 0 Å². The smallest absolute Gasteiger partial charge is 0.179 e. The van der Waals surface area contributed by atoms with Crippen LogP contribution in [-0.4, -0.2) is 28.9 Å². The second kappa shape index (κ2) is 4.97. The lowest BCUT2D eigenvalue weighted by Crippen LogP contribution is -2.03. The van der Waals surface area contributed by atoms with Crippen molar-refractivity contribution in [2.45, 2.75) is 10.6 Å². The summed E-state index contributed by atoms with van der Waals surface area (Å²) in [5.74, 6) is 1.26. The van der Waals surface area contributed by atoms with E-state index >= 15 is 0 Å². The van der Waals surface area contributed by atoms with Gasteiger partial charge >= 0.3 is 0 Å². The molecule has 0 saturated carbocycles. The lowest BCUT2D eigenvalue weighted by Gasteiger charge is -2.12. The van der Waals surface area contributed by atoms with E-state index in [0.717, 1.165) is 11.8 Å². The molecule has 0 atom stereocenters. The highest BCUT2D eigenvalue weighted by Crippen LogP contribution is 2.32. The van der Waals surface area contributed by atoms with E-state index in [1.54, 1.807) is 6.07 Å². The molecule has 0 aliphatic carbocycles. The molecule has 0 N–H and O–H groups in total. The Labute approximate surface area is 101 Å². The van der Waals surface area contributed by atoms with Gasteiger partial charge in [0.25, 0.3) is 0 Å². The summed E-state index contributed by atoms with van der Waals surface area (Å²) in [6, 6.07) is 3.09. The predicted molar refractivity (Wildman–Crippen MR) is 65.3 cm³/mol. The van der Waals surface area contributed by atoms with Crippen LogP contribution in [0.1, 0.15) is 5.56 Å². The molecule has 0 bridgehead atoms. The number of hydrogen-bond acceptors (Lipinski definition) is 5. The summed E-state index contributed by atoms with van der Waals surface area (Å²) >= 11 is 4.14. The van der Waals surface area contributed by atoms with Gasteiger partial charge in [-0.05, 0) is 6.07 Å². The van der Waals surface area contributed by atoms with Crippen LogP contribution < -0.4 is 9.47 Å². The van der Waals surface area contributed by atoms with Crippen molar-refractivity contribution >= 4 is 22.5 Å². The summed E-state index contributed by atoms with van der Waals surface area (Å²) in [6.45, 7) is 0.